The second kappa shape index (κ2) is 9.75. The lowest BCUT2D eigenvalue weighted by atomic mass is 10.2. The number of ether oxygens (including phenoxy) is 1. The molecule has 0 heterocycles. The first kappa shape index (κ1) is 21.2. The number of carbonyl (C=O) groups is 2. The highest BCUT2D eigenvalue weighted by Crippen LogP contribution is 2.30. The smallest absolute Gasteiger partial charge is 0.383 e. The molecule has 0 atom stereocenters. The molecule has 0 spiro atoms. The number of benzene rings is 2. The van der Waals surface area contributed by atoms with Crippen LogP contribution < -0.4 is 16.0 Å². The van der Waals surface area contributed by atoms with Crippen molar-refractivity contribution >= 4 is 23.2 Å². The van der Waals surface area contributed by atoms with E-state index < -0.39 is 17.6 Å². The van der Waals surface area contributed by atoms with Gasteiger partial charge in [0.05, 0.1) is 18.7 Å². The third-order valence-corrected chi connectivity index (χ3v) is 3.67. The molecular weight excluding hydrogens is 375 g/mol. The van der Waals surface area contributed by atoms with E-state index in [1.54, 1.807) is 24.3 Å². The van der Waals surface area contributed by atoms with Gasteiger partial charge in [-0.15, -0.1) is 0 Å². The lowest BCUT2D eigenvalue weighted by Gasteiger charge is -2.11. The molecule has 0 aliphatic heterocycles. The third-order valence-electron chi connectivity index (χ3n) is 3.67. The predicted molar refractivity (Wildman–Crippen MR) is 99.2 cm³/mol. The van der Waals surface area contributed by atoms with Crippen LogP contribution in [0, 0.1) is 0 Å². The fraction of sp³-hybridized carbons (Fsp3) is 0.263. The Morgan fingerprint density at radius 2 is 1.75 bits per heavy atom. The first-order valence-electron chi connectivity index (χ1n) is 8.38. The van der Waals surface area contributed by atoms with Gasteiger partial charge >= 0.3 is 6.18 Å². The summed E-state index contributed by atoms with van der Waals surface area (Å²) in [7, 11) is 1.53. The Balaban J connectivity index is 1.85. The number of halogens is 3. The molecule has 28 heavy (non-hydrogen) atoms. The summed E-state index contributed by atoms with van der Waals surface area (Å²) < 4.78 is 42.9. The predicted octanol–water partition coefficient (Wildman–Crippen LogP) is 3.13. The molecular formula is C19H20F3N3O3. The van der Waals surface area contributed by atoms with E-state index in [0.717, 1.165) is 12.1 Å². The van der Waals surface area contributed by atoms with Crippen LogP contribution >= 0.6 is 0 Å². The van der Waals surface area contributed by atoms with E-state index in [1.807, 2.05) is 0 Å². The van der Waals surface area contributed by atoms with Crippen LogP contribution in [0.3, 0.4) is 0 Å². The molecule has 150 valence electrons. The number of amides is 2. The average molecular weight is 395 g/mol. The average Bonchev–Trinajstić information content (AvgIpc) is 2.66. The zero-order valence-corrected chi connectivity index (χ0v) is 15.1. The number of nitrogens with one attached hydrogen (secondary N) is 3. The highest BCUT2D eigenvalue weighted by atomic mass is 19.4. The number of alkyl halides is 3. The summed E-state index contributed by atoms with van der Waals surface area (Å²) in [6.45, 7) is 0.578. The van der Waals surface area contributed by atoms with Crippen LogP contribution in [0.1, 0.15) is 15.9 Å². The standard InChI is InChI=1S/C19H20F3N3O3/c1-28-10-9-23-18(27)13-5-7-15(8-6-13)25-17(26)12-24-16-4-2-3-14(11-16)19(20,21)22/h2-8,11,24H,9-10,12H2,1H3,(H,23,27)(H,25,26). The van der Waals surface area contributed by atoms with E-state index in [1.165, 1.54) is 19.2 Å². The number of methoxy groups -OCH3 is 1. The minimum absolute atomic E-state index is 0.188. The molecule has 0 saturated carbocycles. The van der Waals surface area contributed by atoms with Crippen LogP contribution in [0.15, 0.2) is 48.5 Å². The summed E-state index contributed by atoms with van der Waals surface area (Å²) >= 11 is 0. The van der Waals surface area contributed by atoms with E-state index in [2.05, 4.69) is 16.0 Å². The molecule has 0 radical (unpaired) electrons. The Bertz CT molecular complexity index is 808. The van der Waals surface area contributed by atoms with Gasteiger partial charge in [-0.1, -0.05) is 6.07 Å². The van der Waals surface area contributed by atoms with Crippen molar-refractivity contribution in [1.29, 1.82) is 0 Å². The topological polar surface area (TPSA) is 79.5 Å². The Morgan fingerprint density at radius 3 is 2.39 bits per heavy atom. The third kappa shape index (κ3) is 6.58. The van der Waals surface area contributed by atoms with Crippen molar-refractivity contribution in [2.75, 3.05) is 37.4 Å². The van der Waals surface area contributed by atoms with Crippen LogP contribution in [0.4, 0.5) is 24.5 Å². The van der Waals surface area contributed by atoms with Gasteiger partial charge in [-0.25, -0.2) is 0 Å². The summed E-state index contributed by atoms with van der Waals surface area (Å²) in [5.74, 6) is -0.698. The quantitative estimate of drug-likeness (QED) is 0.600. The van der Waals surface area contributed by atoms with Crippen LogP contribution in [0.5, 0.6) is 0 Å². The van der Waals surface area contributed by atoms with Crippen molar-refractivity contribution in [1.82, 2.24) is 5.32 Å². The van der Waals surface area contributed by atoms with Crippen LogP contribution in [0.25, 0.3) is 0 Å². The van der Waals surface area contributed by atoms with E-state index in [4.69, 9.17) is 4.74 Å². The van der Waals surface area contributed by atoms with Crippen molar-refractivity contribution in [3.05, 3.63) is 59.7 Å². The maximum absolute atomic E-state index is 12.7. The lowest BCUT2D eigenvalue weighted by Crippen LogP contribution is -2.27. The van der Waals surface area contributed by atoms with Crippen LogP contribution in [0.2, 0.25) is 0 Å². The fourth-order valence-corrected chi connectivity index (χ4v) is 2.27. The molecule has 0 bridgehead atoms. The van der Waals surface area contributed by atoms with Gasteiger partial charge in [-0.2, -0.15) is 13.2 Å². The van der Waals surface area contributed by atoms with Gasteiger partial charge in [0.15, 0.2) is 0 Å². The molecule has 0 aliphatic rings. The summed E-state index contributed by atoms with van der Waals surface area (Å²) in [6.07, 6.45) is -4.45. The minimum Gasteiger partial charge on any atom is -0.383 e. The summed E-state index contributed by atoms with van der Waals surface area (Å²) in [6, 6.07) is 10.8. The highest BCUT2D eigenvalue weighted by Gasteiger charge is 2.30. The van der Waals surface area contributed by atoms with E-state index in [-0.39, 0.29) is 18.1 Å². The molecule has 2 aromatic carbocycles. The van der Waals surface area contributed by atoms with Crippen molar-refractivity contribution in [3.63, 3.8) is 0 Å². The summed E-state index contributed by atoms with van der Waals surface area (Å²) in [5, 5.41) is 7.92. The molecule has 2 rings (SSSR count). The molecule has 0 aromatic heterocycles. The molecule has 3 N–H and O–H groups in total. The number of hydrogen-bond acceptors (Lipinski definition) is 4. The van der Waals surface area contributed by atoms with Gasteiger partial charge in [-0.05, 0) is 42.5 Å². The van der Waals surface area contributed by atoms with Crippen molar-refractivity contribution in [2.24, 2.45) is 0 Å². The van der Waals surface area contributed by atoms with Crippen LogP contribution in [-0.2, 0) is 15.7 Å². The maximum Gasteiger partial charge on any atom is 0.416 e. The second-order valence-electron chi connectivity index (χ2n) is 5.81. The SMILES string of the molecule is COCCNC(=O)c1ccc(NC(=O)CNc2cccc(C(F)(F)F)c2)cc1. The largest absolute Gasteiger partial charge is 0.416 e. The molecule has 0 fully saturated rings. The molecule has 0 unspecified atom stereocenters. The molecule has 2 aromatic rings. The van der Waals surface area contributed by atoms with Crippen molar-refractivity contribution < 1.29 is 27.5 Å². The summed E-state index contributed by atoms with van der Waals surface area (Å²) in [5.41, 5.74) is 0.283. The van der Waals surface area contributed by atoms with E-state index >= 15 is 0 Å². The number of rotatable bonds is 8. The van der Waals surface area contributed by atoms with Gasteiger partial charge in [-0.3, -0.25) is 9.59 Å². The lowest BCUT2D eigenvalue weighted by molar-refractivity contribution is -0.137. The van der Waals surface area contributed by atoms with Crippen molar-refractivity contribution in [3.8, 4) is 0 Å². The number of carbonyl (C=O) groups excluding carboxylic acids is 2. The normalized spacial score (nSPS) is 11.0. The monoisotopic (exact) mass is 395 g/mol. The maximum atomic E-state index is 12.7. The molecule has 0 saturated heterocycles. The minimum atomic E-state index is -4.45. The van der Waals surface area contributed by atoms with Gasteiger partial charge in [0.1, 0.15) is 0 Å². The molecule has 2 amide bonds. The Morgan fingerprint density at radius 1 is 1.04 bits per heavy atom. The van der Waals surface area contributed by atoms with Gasteiger partial charge in [0, 0.05) is 30.6 Å². The molecule has 6 nitrogen and oxygen atoms in total. The van der Waals surface area contributed by atoms with Gasteiger partial charge < -0.3 is 20.7 Å². The van der Waals surface area contributed by atoms with E-state index in [9.17, 15) is 22.8 Å². The zero-order chi connectivity index (χ0) is 20.6. The van der Waals surface area contributed by atoms with Crippen molar-refractivity contribution in [2.45, 2.75) is 6.18 Å². The van der Waals surface area contributed by atoms with Gasteiger partial charge in [0.25, 0.3) is 5.91 Å². The number of anilines is 2. The highest BCUT2D eigenvalue weighted by molar-refractivity contribution is 5.96. The Labute approximate surface area is 160 Å². The van der Waals surface area contributed by atoms with Crippen LogP contribution in [-0.4, -0.2) is 38.6 Å². The molecule has 9 heteroatoms. The second-order valence-corrected chi connectivity index (χ2v) is 5.81. The summed E-state index contributed by atoms with van der Waals surface area (Å²) in [4.78, 5) is 23.8. The Kier molecular flexibility index (Phi) is 7.39. The number of hydrogen-bond donors (Lipinski definition) is 3. The Hall–Kier alpha value is -3.07. The fourth-order valence-electron chi connectivity index (χ4n) is 2.27. The first-order valence-corrected chi connectivity index (χ1v) is 8.38. The van der Waals surface area contributed by atoms with E-state index in [0.29, 0.717) is 24.4 Å². The zero-order valence-electron chi connectivity index (χ0n) is 15.1. The first-order chi connectivity index (χ1) is 13.3. The molecule has 0 aliphatic carbocycles. The van der Waals surface area contributed by atoms with Gasteiger partial charge in [0.2, 0.25) is 5.91 Å².